The zero-order chi connectivity index (χ0) is 19.1. The number of β-amino-alcohol motifs (C(OH)–C–C–N with tert-alkyl or cyclic N) is 1. The highest BCUT2D eigenvalue weighted by atomic mass is 16.5. The molecule has 1 atom stereocenters. The van der Waals surface area contributed by atoms with Crippen molar-refractivity contribution < 1.29 is 14.6 Å². The number of rotatable bonds is 6. The van der Waals surface area contributed by atoms with Gasteiger partial charge in [-0.1, -0.05) is 42.5 Å². The van der Waals surface area contributed by atoms with Gasteiger partial charge in [0.25, 0.3) is 0 Å². The van der Waals surface area contributed by atoms with Crippen molar-refractivity contribution in [1.29, 1.82) is 0 Å². The van der Waals surface area contributed by atoms with Crippen LogP contribution >= 0.6 is 0 Å². The van der Waals surface area contributed by atoms with Gasteiger partial charge in [-0.3, -0.25) is 9.69 Å². The summed E-state index contributed by atoms with van der Waals surface area (Å²) in [5.74, 6) is 0.890. The summed E-state index contributed by atoms with van der Waals surface area (Å²) in [7, 11) is 0. The van der Waals surface area contributed by atoms with Gasteiger partial charge in [-0.05, 0) is 23.3 Å². The fourth-order valence-corrected chi connectivity index (χ4v) is 3.37. The van der Waals surface area contributed by atoms with E-state index in [-0.39, 0.29) is 5.91 Å². The van der Waals surface area contributed by atoms with Crippen molar-refractivity contribution in [3.63, 3.8) is 0 Å². The molecule has 1 aliphatic rings. The molecule has 27 heavy (non-hydrogen) atoms. The van der Waals surface area contributed by atoms with Crippen molar-refractivity contribution in [3.05, 3.63) is 65.7 Å². The Morgan fingerprint density at radius 2 is 1.78 bits per heavy atom. The van der Waals surface area contributed by atoms with Gasteiger partial charge in [-0.2, -0.15) is 0 Å². The van der Waals surface area contributed by atoms with Gasteiger partial charge in [0.1, 0.15) is 5.75 Å². The predicted octanol–water partition coefficient (Wildman–Crippen LogP) is 2.33. The summed E-state index contributed by atoms with van der Waals surface area (Å²) in [5.41, 5.74) is 2.45. The Bertz CT molecular complexity index is 718. The number of ether oxygens (including phenoxy) is 1. The smallest absolute Gasteiger partial charge is 0.219 e. The number of amides is 1. The molecule has 1 heterocycles. The molecule has 1 aliphatic heterocycles. The average molecular weight is 368 g/mol. The molecule has 1 amide bonds. The average Bonchev–Trinajstić information content (AvgIpc) is 2.85. The molecule has 0 aromatic heterocycles. The molecule has 0 spiro atoms. The van der Waals surface area contributed by atoms with Crippen molar-refractivity contribution >= 4 is 5.91 Å². The minimum atomic E-state index is -0.503. The topological polar surface area (TPSA) is 53.0 Å². The third-order valence-electron chi connectivity index (χ3n) is 4.86. The Labute approximate surface area is 161 Å². The van der Waals surface area contributed by atoms with Crippen LogP contribution in [0.5, 0.6) is 5.75 Å². The van der Waals surface area contributed by atoms with Gasteiger partial charge < -0.3 is 14.7 Å². The summed E-state index contributed by atoms with van der Waals surface area (Å²) in [6.07, 6.45) is 0.387. The second kappa shape index (κ2) is 9.53. The van der Waals surface area contributed by atoms with Crippen LogP contribution in [0.1, 0.15) is 18.1 Å². The van der Waals surface area contributed by atoms with E-state index >= 15 is 0 Å². The van der Waals surface area contributed by atoms with Gasteiger partial charge in [0.2, 0.25) is 5.91 Å². The highest BCUT2D eigenvalue weighted by Gasteiger charge is 2.22. The van der Waals surface area contributed by atoms with Gasteiger partial charge in [0.15, 0.2) is 0 Å². The van der Waals surface area contributed by atoms with Crippen LogP contribution in [0.2, 0.25) is 0 Å². The highest BCUT2D eigenvalue weighted by molar-refractivity contribution is 5.73. The zero-order valence-corrected chi connectivity index (χ0v) is 15.9. The number of hydrogen-bond donors (Lipinski definition) is 1. The largest absolute Gasteiger partial charge is 0.493 e. The molecular weight excluding hydrogens is 340 g/mol. The molecule has 3 rings (SSSR count). The summed E-state index contributed by atoms with van der Waals surface area (Å²) in [6, 6.07) is 18.4. The van der Waals surface area contributed by atoms with E-state index < -0.39 is 6.10 Å². The SMILES string of the molecule is CC(=O)N1CCN(Cc2ccc(OCCc3ccccc3)cc2)C[C@@H](O)C1. The van der Waals surface area contributed by atoms with Crippen molar-refractivity contribution in [2.24, 2.45) is 0 Å². The first-order valence-electron chi connectivity index (χ1n) is 9.52. The third-order valence-corrected chi connectivity index (χ3v) is 4.86. The Kier molecular flexibility index (Phi) is 6.85. The Hall–Kier alpha value is -2.37. The van der Waals surface area contributed by atoms with Crippen LogP contribution in [0.4, 0.5) is 0 Å². The van der Waals surface area contributed by atoms with Gasteiger partial charge in [-0.25, -0.2) is 0 Å². The predicted molar refractivity (Wildman–Crippen MR) is 106 cm³/mol. The van der Waals surface area contributed by atoms with E-state index in [4.69, 9.17) is 4.74 Å². The molecular formula is C22H28N2O3. The maximum absolute atomic E-state index is 11.6. The van der Waals surface area contributed by atoms with Crippen molar-refractivity contribution in [3.8, 4) is 5.75 Å². The number of carbonyl (C=O) groups excluding carboxylic acids is 1. The first-order chi connectivity index (χ1) is 13.1. The van der Waals surface area contributed by atoms with Gasteiger partial charge in [0, 0.05) is 46.1 Å². The number of carbonyl (C=O) groups is 1. The van der Waals surface area contributed by atoms with Crippen molar-refractivity contribution in [1.82, 2.24) is 9.80 Å². The Morgan fingerprint density at radius 3 is 2.48 bits per heavy atom. The van der Waals surface area contributed by atoms with Crippen molar-refractivity contribution in [2.45, 2.75) is 26.0 Å². The molecule has 5 heteroatoms. The number of benzene rings is 2. The van der Waals surface area contributed by atoms with Gasteiger partial charge in [-0.15, -0.1) is 0 Å². The fourth-order valence-electron chi connectivity index (χ4n) is 3.37. The highest BCUT2D eigenvalue weighted by Crippen LogP contribution is 2.15. The molecule has 0 unspecified atom stereocenters. The maximum atomic E-state index is 11.6. The second-order valence-corrected chi connectivity index (χ2v) is 7.08. The van der Waals surface area contributed by atoms with Crippen LogP contribution in [0.15, 0.2) is 54.6 Å². The number of aliphatic hydroxyl groups excluding tert-OH is 1. The van der Waals surface area contributed by atoms with E-state index in [1.54, 1.807) is 11.8 Å². The lowest BCUT2D eigenvalue weighted by atomic mass is 10.1. The minimum Gasteiger partial charge on any atom is -0.493 e. The standard InChI is InChI=1S/C22H28N2O3/c1-18(25)24-13-12-23(16-21(26)17-24)15-20-7-9-22(10-8-20)27-14-11-19-5-3-2-4-6-19/h2-10,21,26H,11-17H2,1H3/t21-/m1/s1. The molecule has 144 valence electrons. The number of aliphatic hydroxyl groups is 1. The summed E-state index contributed by atoms with van der Waals surface area (Å²) in [6.45, 7) is 5.40. The first kappa shape index (κ1) is 19.4. The van der Waals surface area contributed by atoms with Crippen LogP contribution in [0.25, 0.3) is 0 Å². The monoisotopic (exact) mass is 368 g/mol. The van der Waals surface area contributed by atoms with Crippen LogP contribution in [-0.4, -0.2) is 59.7 Å². The summed E-state index contributed by atoms with van der Waals surface area (Å²) in [4.78, 5) is 15.5. The summed E-state index contributed by atoms with van der Waals surface area (Å²) >= 11 is 0. The lowest BCUT2D eigenvalue weighted by Gasteiger charge is -2.21. The maximum Gasteiger partial charge on any atom is 0.219 e. The number of hydrogen-bond acceptors (Lipinski definition) is 4. The third kappa shape index (κ3) is 6.08. The fraction of sp³-hybridized carbons (Fsp3) is 0.409. The Balaban J connectivity index is 1.48. The van der Waals surface area contributed by atoms with E-state index in [1.165, 1.54) is 11.1 Å². The zero-order valence-electron chi connectivity index (χ0n) is 15.9. The lowest BCUT2D eigenvalue weighted by Crippen LogP contribution is -2.36. The molecule has 5 nitrogen and oxygen atoms in total. The van der Waals surface area contributed by atoms with Gasteiger partial charge in [0.05, 0.1) is 12.7 Å². The molecule has 0 radical (unpaired) electrons. The number of nitrogens with zero attached hydrogens (tertiary/aromatic N) is 2. The lowest BCUT2D eigenvalue weighted by molar-refractivity contribution is -0.129. The second-order valence-electron chi connectivity index (χ2n) is 7.08. The van der Waals surface area contributed by atoms with Crippen molar-refractivity contribution in [2.75, 3.05) is 32.8 Å². The van der Waals surface area contributed by atoms with E-state index in [2.05, 4.69) is 29.2 Å². The molecule has 0 bridgehead atoms. The minimum absolute atomic E-state index is 0.0212. The molecule has 2 aromatic carbocycles. The van der Waals surface area contributed by atoms with Crippen LogP contribution in [0, 0.1) is 0 Å². The van der Waals surface area contributed by atoms with Crippen LogP contribution < -0.4 is 4.74 Å². The Morgan fingerprint density at radius 1 is 1.04 bits per heavy atom. The van der Waals surface area contributed by atoms with E-state index in [1.807, 2.05) is 30.3 Å². The van der Waals surface area contributed by atoms with E-state index in [0.717, 1.165) is 25.3 Å². The normalized spacial score (nSPS) is 18.1. The first-order valence-corrected chi connectivity index (χ1v) is 9.52. The molecule has 1 fully saturated rings. The molecule has 1 N–H and O–H groups in total. The molecule has 0 saturated carbocycles. The molecule has 1 saturated heterocycles. The van der Waals surface area contributed by atoms with Crippen LogP contribution in [0.3, 0.4) is 0 Å². The quantitative estimate of drug-likeness (QED) is 0.850. The van der Waals surface area contributed by atoms with E-state index in [9.17, 15) is 9.90 Å². The summed E-state index contributed by atoms with van der Waals surface area (Å²) < 4.78 is 5.83. The van der Waals surface area contributed by atoms with E-state index in [0.29, 0.717) is 26.2 Å². The van der Waals surface area contributed by atoms with Gasteiger partial charge >= 0.3 is 0 Å². The molecule has 0 aliphatic carbocycles. The van der Waals surface area contributed by atoms with Crippen LogP contribution in [-0.2, 0) is 17.8 Å². The molecule has 2 aromatic rings. The summed E-state index contributed by atoms with van der Waals surface area (Å²) in [5, 5.41) is 10.1.